The number of aliphatic hydroxyl groups is 2. The number of ether oxygens (including phenoxy) is 2. The van der Waals surface area contributed by atoms with Gasteiger partial charge in [0.1, 0.15) is 18.5 Å². The largest absolute Gasteiger partial charge is 0.493 e. The van der Waals surface area contributed by atoms with Gasteiger partial charge in [0.25, 0.3) is 0 Å². The minimum absolute atomic E-state index is 0.0709. The minimum Gasteiger partial charge on any atom is -0.493 e. The van der Waals surface area contributed by atoms with Crippen LogP contribution in [0.4, 0.5) is 0 Å². The Morgan fingerprint density at radius 2 is 1.93 bits per heavy atom. The second-order valence-corrected chi connectivity index (χ2v) is 11.1. The normalized spacial score (nSPS) is 18.3. The number of nitrogens with zero attached hydrogens (tertiary/aromatic N) is 1. The lowest BCUT2D eigenvalue weighted by Gasteiger charge is -2.41. The van der Waals surface area contributed by atoms with Crippen molar-refractivity contribution in [2.45, 2.75) is 63.7 Å². The van der Waals surface area contributed by atoms with Gasteiger partial charge < -0.3 is 29.9 Å². The molecule has 41 heavy (non-hydrogen) atoms. The van der Waals surface area contributed by atoms with Crippen molar-refractivity contribution in [3.05, 3.63) is 68.8 Å². The van der Waals surface area contributed by atoms with Gasteiger partial charge >= 0.3 is 0 Å². The molecule has 0 saturated carbocycles. The summed E-state index contributed by atoms with van der Waals surface area (Å²) in [6.07, 6.45) is 4.20. The van der Waals surface area contributed by atoms with Crippen molar-refractivity contribution >= 4 is 40.7 Å². The fourth-order valence-corrected chi connectivity index (χ4v) is 5.65. The molecule has 1 aliphatic carbocycles. The number of rotatable bonds is 15. The van der Waals surface area contributed by atoms with E-state index in [1.54, 1.807) is 23.1 Å². The van der Waals surface area contributed by atoms with E-state index in [9.17, 15) is 24.6 Å². The van der Waals surface area contributed by atoms with Crippen LogP contribution in [0.1, 0.15) is 54.9 Å². The first-order chi connectivity index (χ1) is 19.8. The van der Waals surface area contributed by atoms with Crippen molar-refractivity contribution < 1.29 is 34.1 Å². The second kappa shape index (κ2) is 16.5. The molecule has 10 heteroatoms. The van der Waals surface area contributed by atoms with Crippen LogP contribution < -0.4 is 14.8 Å². The SMILES string of the molecule is CCCCCCN(C(=O)Cc1ccccc1)[C@@H]1CC(C(=O)NCCO)=C[C@H](Oc2c(I)cc(C=O)cc2OC)[C@H]1O. The zero-order valence-corrected chi connectivity index (χ0v) is 25.7. The Hall–Kier alpha value is -2.96. The summed E-state index contributed by atoms with van der Waals surface area (Å²) in [6, 6.07) is 11.9. The summed E-state index contributed by atoms with van der Waals surface area (Å²) in [7, 11) is 1.46. The highest BCUT2D eigenvalue weighted by Crippen LogP contribution is 2.37. The van der Waals surface area contributed by atoms with E-state index in [4.69, 9.17) is 9.47 Å². The molecule has 2 amide bonds. The first kappa shape index (κ1) is 32.6. The number of hydrogen-bond acceptors (Lipinski definition) is 7. The van der Waals surface area contributed by atoms with Gasteiger partial charge in [0.05, 0.1) is 29.7 Å². The number of carbonyl (C=O) groups excluding carboxylic acids is 3. The molecule has 3 rings (SSSR count). The minimum atomic E-state index is -1.15. The Bertz CT molecular complexity index is 1200. The maximum absolute atomic E-state index is 13.7. The Balaban J connectivity index is 1.98. The number of aldehydes is 1. The van der Waals surface area contributed by atoms with E-state index in [2.05, 4.69) is 12.2 Å². The predicted molar refractivity (Wildman–Crippen MR) is 164 cm³/mol. The van der Waals surface area contributed by atoms with E-state index < -0.39 is 24.2 Å². The number of halogens is 1. The van der Waals surface area contributed by atoms with Gasteiger partial charge in [-0.25, -0.2) is 0 Å². The maximum Gasteiger partial charge on any atom is 0.247 e. The van der Waals surface area contributed by atoms with E-state index >= 15 is 0 Å². The van der Waals surface area contributed by atoms with Crippen molar-refractivity contribution in [1.29, 1.82) is 0 Å². The lowest BCUT2D eigenvalue weighted by Crippen LogP contribution is -2.55. The number of nitrogens with one attached hydrogen (secondary N) is 1. The lowest BCUT2D eigenvalue weighted by atomic mass is 9.87. The van der Waals surface area contributed by atoms with Gasteiger partial charge in [0, 0.05) is 30.6 Å². The maximum atomic E-state index is 13.7. The molecule has 0 aliphatic heterocycles. The lowest BCUT2D eigenvalue weighted by molar-refractivity contribution is -0.138. The van der Waals surface area contributed by atoms with Gasteiger partial charge in [-0.2, -0.15) is 0 Å². The third-order valence-electron chi connectivity index (χ3n) is 7.03. The monoisotopic (exact) mass is 678 g/mol. The van der Waals surface area contributed by atoms with Crippen molar-refractivity contribution in [2.75, 3.05) is 26.8 Å². The van der Waals surface area contributed by atoms with Crippen molar-refractivity contribution in [1.82, 2.24) is 10.2 Å². The average Bonchev–Trinajstić information content (AvgIpc) is 2.98. The van der Waals surface area contributed by atoms with Gasteiger partial charge in [-0.3, -0.25) is 14.4 Å². The molecule has 0 unspecified atom stereocenters. The molecule has 0 spiro atoms. The van der Waals surface area contributed by atoms with Crippen LogP contribution >= 0.6 is 22.6 Å². The topological polar surface area (TPSA) is 125 Å². The molecule has 2 aromatic rings. The number of unbranched alkanes of at least 4 members (excludes halogenated alkanes) is 3. The van der Waals surface area contributed by atoms with Crippen LogP contribution in [-0.4, -0.2) is 78.3 Å². The number of methoxy groups -OCH3 is 1. The molecular formula is C31H39IN2O7. The van der Waals surface area contributed by atoms with E-state index in [0.717, 1.165) is 31.2 Å². The van der Waals surface area contributed by atoms with Gasteiger partial charge in [-0.05, 0) is 52.8 Å². The zero-order valence-electron chi connectivity index (χ0n) is 23.6. The fourth-order valence-electron chi connectivity index (χ4n) is 4.89. The molecule has 0 aromatic heterocycles. The van der Waals surface area contributed by atoms with Crippen molar-refractivity contribution in [2.24, 2.45) is 0 Å². The van der Waals surface area contributed by atoms with E-state index in [1.807, 2.05) is 52.9 Å². The molecule has 2 aromatic carbocycles. The Morgan fingerprint density at radius 3 is 2.59 bits per heavy atom. The van der Waals surface area contributed by atoms with Crippen LogP contribution in [0.25, 0.3) is 0 Å². The number of amides is 2. The Morgan fingerprint density at radius 1 is 1.17 bits per heavy atom. The molecule has 0 radical (unpaired) electrons. The van der Waals surface area contributed by atoms with Crippen LogP contribution in [0.5, 0.6) is 11.5 Å². The van der Waals surface area contributed by atoms with Crippen molar-refractivity contribution in [3.8, 4) is 11.5 Å². The van der Waals surface area contributed by atoms with Crippen LogP contribution in [0.3, 0.4) is 0 Å². The van der Waals surface area contributed by atoms with Crippen LogP contribution in [0.15, 0.2) is 54.1 Å². The highest BCUT2D eigenvalue weighted by Gasteiger charge is 2.40. The summed E-state index contributed by atoms with van der Waals surface area (Å²) in [5.74, 6) is 0.0865. The number of carbonyl (C=O) groups is 3. The molecule has 0 fully saturated rings. The fraction of sp³-hybridized carbons (Fsp3) is 0.452. The van der Waals surface area contributed by atoms with Gasteiger partial charge in [-0.15, -0.1) is 0 Å². The van der Waals surface area contributed by atoms with E-state index in [1.165, 1.54) is 7.11 Å². The van der Waals surface area contributed by atoms with Crippen LogP contribution in [-0.2, 0) is 16.0 Å². The smallest absolute Gasteiger partial charge is 0.247 e. The zero-order chi connectivity index (χ0) is 29.8. The first-order valence-corrected chi connectivity index (χ1v) is 15.0. The summed E-state index contributed by atoms with van der Waals surface area (Å²) in [6.45, 7) is 2.40. The summed E-state index contributed by atoms with van der Waals surface area (Å²) in [4.78, 5) is 39.9. The second-order valence-electron chi connectivity index (χ2n) is 9.98. The molecule has 0 heterocycles. The molecule has 9 nitrogen and oxygen atoms in total. The molecule has 1 aliphatic rings. The Labute approximate surface area is 255 Å². The molecule has 3 atom stereocenters. The predicted octanol–water partition coefficient (Wildman–Crippen LogP) is 3.68. The molecule has 0 saturated heterocycles. The molecule has 222 valence electrons. The first-order valence-electron chi connectivity index (χ1n) is 13.9. The molecule has 0 bridgehead atoms. The highest BCUT2D eigenvalue weighted by molar-refractivity contribution is 14.1. The number of hydrogen-bond donors (Lipinski definition) is 3. The molecule has 3 N–H and O–H groups in total. The highest BCUT2D eigenvalue weighted by atomic mass is 127. The van der Waals surface area contributed by atoms with Gasteiger partial charge in [0.15, 0.2) is 11.5 Å². The van der Waals surface area contributed by atoms with E-state index in [0.29, 0.717) is 39.0 Å². The summed E-state index contributed by atoms with van der Waals surface area (Å²) >= 11 is 2.03. The standard InChI is InChI=1S/C31H39IN2O7/c1-3-4-5-9-13-34(28(37)17-21-10-7-6-8-11-21)25-18-23(31(39)33-12-14-35)19-26(29(25)38)41-30-24(32)15-22(20-36)16-27(30)40-2/h6-8,10-11,15-16,19-20,25-26,29,35,38H,3-5,9,12-14,17-18H2,1-2H3,(H,33,39)/t25-,26+,29+/m1/s1. The third-order valence-corrected chi connectivity index (χ3v) is 7.83. The summed E-state index contributed by atoms with van der Waals surface area (Å²) in [5.41, 5.74) is 1.62. The van der Waals surface area contributed by atoms with E-state index in [-0.39, 0.29) is 31.9 Å². The Kier molecular flexibility index (Phi) is 13.1. The van der Waals surface area contributed by atoms with Crippen LogP contribution in [0, 0.1) is 3.57 Å². The van der Waals surface area contributed by atoms with Crippen LogP contribution in [0.2, 0.25) is 0 Å². The number of aliphatic hydroxyl groups excluding tert-OH is 2. The average molecular weight is 679 g/mol. The quantitative estimate of drug-likeness (QED) is 0.149. The summed E-state index contributed by atoms with van der Waals surface area (Å²) in [5, 5.41) is 23.6. The molecular weight excluding hydrogens is 639 g/mol. The third kappa shape index (κ3) is 9.01. The van der Waals surface area contributed by atoms with Gasteiger partial charge in [0.2, 0.25) is 11.8 Å². The number of benzene rings is 2. The van der Waals surface area contributed by atoms with Gasteiger partial charge in [-0.1, -0.05) is 56.5 Å². The van der Waals surface area contributed by atoms with Crippen molar-refractivity contribution in [3.63, 3.8) is 0 Å². The summed E-state index contributed by atoms with van der Waals surface area (Å²) < 4.78 is 12.3.